The van der Waals surface area contributed by atoms with Crippen LogP contribution in [0.2, 0.25) is 0 Å². The summed E-state index contributed by atoms with van der Waals surface area (Å²) in [5.41, 5.74) is 0.963. The van der Waals surface area contributed by atoms with Gasteiger partial charge >= 0.3 is 11.9 Å². The van der Waals surface area contributed by atoms with E-state index < -0.39 is 0 Å². The van der Waals surface area contributed by atoms with Gasteiger partial charge in [-0.2, -0.15) is 0 Å². The molecular weight excluding hydrogens is 359 g/mol. The highest BCUT2D eigenvalue weighted by Gasteiger charge is 2.09. The third-order valence-corrected chi connectivity index (χ3v) is 3.40. The second-order valence-electron chi connectivity index (χ2n) is 3.97. The van der Waals surface area contributed by atoms with Gasteiger partial charge in [0.1, 0.15) is 6.61 Å². The lowest BCUT2D eigenvalue weighted by Gasteiger charge is -2.06. The number of benzene rings is 1. The topological polar surface area (TPSA) is 52.6 Å². The van der Waals surface area contributed by atoms with Crippen LogP contribution in [0.5, 0.6) is 0 Å². The van der Waals surface area contributed by atoms with Crippen molar-refractivity contribution in [3.63, 3.8) is 0 Å². The molecule has 0 unspecified atom stereocenters. The standard InChI is InChI=1S/C14H17IO4/c1-2-9-18-13(16)7-8-14(17)19-10-11-5-3-4-6-12(11)15/h3-6H,2,7-10H2,1H3. The first-order valence-corrected chi connectivity index (χ1v) is 7.26. The molecule has 0 saturated heterocycles. The number of esters is 2. The van der Waals surface area contributed by atoms with Crippen LogP contribution >= 0.6 is 22.6 Å². The van der Waals surface area contributed by atoms with E-state index >= 15 is 0 Å². The average molecular weight is 376 g/mol. The molecule has 0 bridgehead atoms. The van der Waals surface area contributed by atoms with Crippen LogP contribution in [0.25, 0.3) is 0 Å². The van der Waals surface area contributed by atoms with Crippen molar-refractivity contribution in [3.05, 3.63) is 33.4 Å². The van der Waals surface area contributed by atoms with Gasteiger partial charge in [0.15, 0.2) is 0 Å². The highest BCUT2D eigenvalue weighted by Crippen LogP contribution is 2.12. The largest absolute Gasteiger partial charge is 0.466 e. The number of hydrogen-bond acceptors (Lipinski definition) is 4. The molecule has 19 heavy (non-hydrogen) atoms. The smallest absolute Gasteiger partial charge is 0.306 e. The van der Waals surface area contributed by atoms with Crippen molar-refractivity contribution in [1.29, 1.82) is 0 Å². The summed E-state index contributed by atoms with van der Waals surface area (Å²) in [6.07, 6.45) is 0.916. The zero-order valence-electron chi connectivity index (χ0n) is 10.9. The van der Waals surface area contributed by atoms with Gasteiger partial charge in [-0.3, -0.25) is 9.59 Å². The zero-order chi connectivity index (χ0) is 14.1. The van der Waals surface area contributed by atoms with E-state index in [0.717, 1.165) is 15.6 Å². The van der Waals surface area contributed by atoms with Crippen molar-refractivity contribution < 1.29 is 19.1 Å². The summed E-state index contributed by atoms with van der Waals surface area (Å²) < 4.78 is 11.0. The number of carbonyl (C=O) groups excluding carboxylic acids is 2. The normalized spacial score (nSPS) is 10.0. The monoisotopic (exact) mass is 376 g/mol. The lowest BCUT2D eigenvalue weighted by molar-refractivity contribution is -0.151. The molecule has 0 amide bonds. The zero-order valence-corrected chi connectivity index (χ0v) is 13.0. The molecule has 0 heterocycles. The Bertz CT molecular complexity index is 431. The highest BCUT2D eigenvalue weighted by molar-refractivity contribution is 14.1. The summed E-state index contributed by atoms with van der Waals surface area (Å²) in [5, 5.41) is 0. The van der Waals surface area contributed by atoms with Crippen molar-refractivity contribution in [2.45, 2.75) is 32.8 Å². The minimum atomic E-state index is -0.381. The number of carbonyl (C=O) groups is 2. The van der Waals surface area contributed by atoms with Gasteiger partial charge in [-0.15, -0.1) is 0 Å². The fourth-order valence-corrected chi connectivity index (χ4v) is 1.88. The van der Waals surface area contributed by atoms with Gasteiger partial charge in [-0.25, -0.2) is 0 Å². The Morgan fingerprint density at radius 1 is 1.11 bits per heavy atom. The Kier molecular flexibility index (Phi) is 7.47. The second kappa shape index (κ2) is 8.90. The molecule has 104 valence electrons. The molecule has 1 aromatic rings. The minimum absolute atomic E-state index is 0.0615. The van der Waals surface area contributed by atoms with Crippen molar-refractivity contribution in [2.24, 2.45) is 0 Å². The highest BCUT2D eigenvalue weighted by atomic mass is 127. The van der Waals surface area contributed by atoms with Gasteiger partial charge in [0, 0.05) is 9.13 Å². The Labute approximate surface area is 126 Å². The maximum atomic E-state index is 11.5. The molecule has 4 nitrogen and oxygen atoms in total. The number of halogens is 1. The van der Waals surface area contributed by atoms with E-state index in [4.69, 9.17) is 9.47 Å². The van der Waals surface area contributed by atoms with E-state index in [0.29, 0.717) is 6.61 Å². The van der Waals surface area contributed by atoms with E-state index in [9.17, 15) is 9.59 Å². The molecule has 0 radical (unpaired) electrons. The average Bonchev–Trinajstić information content (AvgIpc) is 2.42. The van der Waals surface area contributed by atoms with Crippen molar-refractivity contribution >= 4 is 34.5 Å². The summed E-state index contributed by atoms with van der Waals surface area (Å²) in [6, 6.07) is 7.68. The van der Waals surface area contributed by atoms with Crippen LogP contribution in [0, 0.1) is 3.57 Å². The Morgan fingerprint density at radius 3 is 2.37 bits per heavy atom. The predicted molar refractivity (Wildman–Crippen MR) is 79.4 cm³/mol. The lowest BCUT2D eigenvalue weighted by atomic mass is 10.2. The van der Waals surface area contributed by atoms with Crippen LogP contribution in [0.15, 0.2) is 24.3 Å². The molecule has 0 atom stereocenters. The molecule has 0 aliphatic rings. The van der Waals surface area contributed by atoms with Crippen LogP contribution in [-0.2, 0) is 25.7 Å². The maximum absolute atomic E-state index is 11.5. The van der Waals surface area contributed by atoms with Gasteiger partial charge in [-0.1, -0.05) is 25.1 Å². The first kappa shape index (κ1) is 15.9. The molecule has 0 aliphatic heterocycles. The third kappa shape index (κ3) is 6.56. The summed E-state index contributed by atoms with van der Waals surface area (Å²) in [6.45, 7) is 2.56. The van der Waals surface area contributed by atoms with Crippen LogP contribution in [0.1, 0.15) is 31.7 Å². The van der Waals surface area contributed by atoms with Gasteiger partial charge in [-0.05, 0) is 35.1 Å². The molecule has 0 N–H and O–H groups in total. The maximum Gasteiger partial charge on any atom is 0.306 e. The fraction of sp³-hybridized carbons (Fsp3) is 0.429. The second-order valence-corrected chi connectivity index (χ2v) is 5.13. The van der Waals surface area contributed by atoms with E-state index in [1.54, 1.807) is 0 Å². The van der Waals surface area contributed by atoms with Crippen molar-refractivity contribution in [2.75, 3.05) is 6.61 Å². The van der Waals surface area contributed by atoms with Crippen LogP contribution < -0.4 is 0 Å². The number of hydrogen-bond donors (Lipinski definition) is 0. The lowest BCUT2D eigenvalue weighted by Crippen LogP contribution is -2.11. The van der Waals surface area contributed by atoms with E-state index in [-0.39, 0.29) is 31.4 Å². The molecule has 1 rings (SSSR count). The first-order chi connectivity index (χ1) is 9.13. The van der Waals surface area contributed by atoms with Gasteiger partial charge < -0.3 is 9.47 Å². The molecule has 0 saturated carbocycles. The molecule has 0 spiro atoms. The molecule has 0 aromatic heterocycles. The fourth-order valence-electron chi connectivity index (χ4n) is 1.34. The first-order valence-electron chi connectivity index (χ1n) is 6.18. The van der Waals surface area contributed by atoms with Crippen LogP contribution in [-0.4, -0.2) is 18.5 Å². The van der Waals surface area contributed by atoms with Gasteiger partial charge in [0.05, 0.1) is 19.4 Å². The van der Waals surface area contributed by atoms with E-state index in [2.05, 4.69) is 22.6 Å². The Hall–Kier alpha value is -1.11. The van der Waals surface area contributed by atoms with Crippen molar-refractivity contribution in [3.8, 4) is 0 Å². The molecule has 0 fully saturated rings. The summed E-state index contributed by atoms with van der Waals surface area (Å²) in [5.74, 6) is -0.735. The predicted octanol–water partition coefficient (Wildman–Crippen LogP) is 3.07. The van der Waals surface area contributed by atoms with E-state index in [1.807, 2.05) is 31.2 Å². The molecule has 1 aromatic carbocycles. The molecular formula is C14H17IO4. The van der Waals surface area contributed by atoms with Crippen molar-refractivity contribution in [1.82, 2.24) is 0 Å². The summed E-state index contributed by atoms with van der Waals surface area (Å²) in [4.78, 5) is 22.7. The van der Waals surface area contributed by atoms with E-state index in [1.165, 1.54) is 0 Å². The summed E-state index contributed by atoms with van der Waals surface area (Å²) in [7, 11) is 0. The summed E-state index contributed by atoms with van der Waals surface area (Å²) >= 11 is 2.19. The van der Waals surface area contributed by atoms with Crippen LogP contribution in [0.4, 0.5) is 0 Å². The number of ether oxygens (including phenoxy) is 2. The minimum Gasteiger partial charge on any atom is -0.466 e. The van der Waals surface area contributed by atoms with Gasteiger partial charge in [0.2, 0.25) is 0 Å². The van der Waals surface area contributed by atoms with Gasteiger partial charge in [0.25, 0.3) is 0 Å². The molecule has 0 aliphatic carbocycles. The SMILES string of the molecule is CCCOC(=O)CCC(=O)OCc1ccccc1I. The molecule has 5 heteroatoms. The number of rotatable bonds is 7. The Balaban J connectivity index is 2.25. The quantitative estimate of drug-likeness (QED) is 0.542. The Morgan fingerprint density at radius 2 is 1.74 bits per heavy atom. The third-order valence-electron chi connectivity index (χ3n) is 2.35. The van der Waals surface area contributed by atoms with Crippen LogP contribution in [0.3, 0.4) is 0 Å².